The first-order valence-electron chi connectivity index (χ1n) is 5.37. The third kappa shape index (κ3) is 2.13. The zero-order valence-electron chi connectivity index (χ0n) is 9.22. The number of hydrogen-bond donors (Lipinski definition) is 2. The van der Waals surface area contributed by atoms with Crippen molar-refractivity contribution in [3.05, 3.63) is 11.6 Å². The van der Waals surface area contributed by atoms with Crippen LogP contribution in [-0.2, 0) is 9.84 Å². The van der Waals surface area contributed by atoms with Gasteiger partial charge in [0.25, 0.3) is 0 Å². The molecular formula is C9H10ClN5O2S. The maximum atomic E-state index is 11.4. The third-order valence-corrected chi connectivity index (χ3v) is 4.77. The summed E-state index contributed by atoms with van der Waals surface area (Å²) < 4.78 is 22.8. The quantitative estimate of drug-likeness (QED) is 0.785. The van der Waals surface area contributed by atoms with Crippen LogP contribution in [0.15, 0.2) is 6.33 Å². The van der Waals surface area contributed by atoms with Crippen molar-refractivity contribution in [1.29, 1.82) is 0 Å². The Kier molecular flexibility index (Phi) is 2.63. The molecule has 0 amide bonds. The molecular weight excluding hydrogens is 278 g/mol. The lowest BCUT2D eigenvalue weighted by molar-refractivity contribution is 0.602. The maximum absolute atomic E-state index is 11.4. The highest BCUT2D eigenvalue weighted by Crippen LogP contribution is 2.22. The molecule has 7 nitrogen and oxygen atoms in total. The summed E-state index contributed by atoms with van der Waals surface area (Å²) in [4.78, 5) is 14.9. The Labute approximate surface area is 108 Å². The molecule has 9 heteroatoms. The van der Waals surface area contributed by atoms with E-state index < -0.39 is 9.84 Å². The zero-order valence-corrected chi connectivity index (χ0v) is 10.8. The van der Waals surface area contributed by atoms with Gasteiger partial charge in [0.1, 0.15) is 5.52 Å². The normalized spacial score (nSPS) is 22.4. The van der Waals surface area contributed by atoms with Gasteiger partial charge in [-0.15, -0.1) is 0 Å². The van der Waals surface area contributed by atoms with E-state index in [2.05, 4.69) is 25.3 Å². The van der Waals surface area contributed by atoms with Crippen molar-refractivity contribution in [3.63, 3.8) is 0 Å². The summed E-state index contributed by atoms with van der Waals surface area (Å²) in [6, 6.07) is -0.146. The Hall–Kier alpha value is -1.41. The van der Waals surface area contributed by atoms with Gasteiger partial charge < -0.3 is 10.3 Å². The van der Waals surface area contributed by atoms with Crippen LogP contribution in [0.1, 0.15) is 6.42 Å². The van der Waals surface area contributed by atoms with E-state index in [1.54, 1.807) is 0 Å². The second-order valence-electron chi connectivity index (χ2n) is 4.19. The van der Waals surface area contributed by atoms with Crippen molar-refractivity contribution in [2.75, 3.05) is 16.8 Å². The molecule has 1 unspecified atom stereocenters. The summed E-state index contributed by atoms with van der Waals surface area (Å²) in [6.45, 7) is 0. The number of rotatable bonds is 2. The molecule has 0 radical (unpaired) electrons. The van der Waals surface area contributed by atoms with Crippen LogP contribution in [0.25, 0.3) is 11.2 Å². The fourth-order valence-corrected chi connectivity index (χ4v) is 3.85. The lowest BCUT2D eigenvalue weighted by Gasteiger charge is -2.11. The van der Waals surface area contributed by atoms with Crippen LogP contribution >= 0.6 is 11.6 Å². The van der Waals surface area contributed by atoms with Crippen LogP contribution in [0.5, 0.6) is 0 Å². The largest absolute Gasteiger partial charge is 0.364 e. The summed E-state index contributed by atoms with van der Waals surface area (Å²) in [5.74, 6) is 0.810. The van der Waals surface area contributed by atoms with Gasteiger partial charge in [0.05, 0.1) is 17.8 Å². The molecule has 96 valence electrons. The number of halogens is 1. The first kappa shape index (κ1) is 11.7. The van der Waals surface area contributed by atoms with Gasteiger partial charge in [-0.3, -0.25) is 0 Å². The highest BCUT2D eigenvalue weighted by Gasteiger charge is 2.28. The predicted molar refractivity (Wildman–Crippen MR) is 67.4 cm³/mol. The smallest absolute Gasteiger partial charge is 0.226 e. The Bertz CT molecular complexity index is 698. The standard InChI is InChI=1S/C9H10ClN5O2S/c10-9-14-7-6(11-4-12-7)8(15-9)13-5-1-2-18(16,17)3-5/h4-5H,1-3H2,(H2,11,12,13,14,15). The second kappa shape index (κ2) is 4.06. The van der Waals surface area contributed by atoms with E-state index in [0.29, 0.717) is 23.4 Å². The van der Waals surface area contributed by atoms with Crippen LogP contribution in [-0.4, -0.2) is 45.9 Å². The topological polar surface area (TPSA) is 101 Å². The van der Waals surface area contributed by atoms with Gasteiger partial charge in [-0.1, -0.05) is 0 Å². The van der Waals surface area contributed by atoms with Gasteiger partial charge in [0.2, 0.25) is 5.28 Å². The first-order valence-corrected chi connectivity index (χ1v) is 7.57. The van der Waals surface area contributed by atoms with Gasteiger partial charge >= 0.3 is 0 Å². The van der Waals surface area contributed by atoms with Crippen molar-refractivity contribution in [3.8, 4) is 0 Å². The molecule has 0 spiro atoms. The number of nitrogens with zero attached hydrogens (tertiary/aromatic N) is 3. The molecule has 18 heavy (non-hydrogen) atoms. The highest BCUT2D eigenvalue weighted by atomic mass is 35.5. The van der Waals surface area contributed by atoms with Crippen molar-refractivity contribution in [2.24, 2.45) is 0 Å². The van der Waals surface area contributed by atoms with Gasteiger partial charge in [-0.25, -0.2) is 13.4 Å². The molecule has 0 saturated carbocycles. The number of aromatic nitrogens is 4. The number of fused-ring (bicyclic) bond motifs is 1. The summed E-state index contributed by atoms with van der Waals surface area (Å²) in [5.41, 5.74) is 1.09. The summed E-state index contributed by atoms with van der Waals surface area (Å²) in [7, 11) is -2.93. The molecule has 0 bridgehead atoms. The number of anilines is 1. The second-order valence-corrected chi connectivity index (χ2v) is 6.75. The summed E-state index contributed by atoms with van der Waals surface area (Å²) in [6.07, 6.45) is 2.06. The van der Waals surface area contributed by atoms with E-state index in [-0.39, 0.29) is 22.8 Å². The van der Waals surface area contributed by atoms with Crippen LogP contribution in [0.3, 0.4) is 0 Å². The number of H-pyrrole nitrogens is 1. The van der Waals surface area contributed by atoms with Crippen LogP contribution in [0.2, 0.25) is 5.28 Å². The number of hydrogen-bond acceptors (Lipinski definition) is 6. The van der Waals surface area contributed by atoms with E-state index in [1.165, 1.54) is 6.33 Å². The zero-order chi connectivity index (χ0) is 12.8. The molecule has 1 aliphatic rings. The molecule has 1 saturated heterocycles. The minimum atomic E-state index is -2.93. The first-order chi connectivity index (χ1) is 8.53. The van der Waals surface area contributed by atoms with Gasteiger partial charge in [-0.2, -0.15) is 9.97 Å². The van der Waals surface area contributed by atoms with Crippen LogP contribution < -0.4 is 5.32 Å². The van der Waals surface area contributed by atoms with Crippen molar-refractivity contribution < 1.29 is 8.42 Å². The Morgan fingerprint density at radius 1 is 1.44 bits per heavy atom. The highest BCUT2D eigenvalue weighted by molar-refractivity contribution is 7.91. The Morgan fingerprint density at radius 3 is 3.00 bits per heavy atom. The molecule has 2 aromatic heterocycles. The van der Waals surface area contributed by atoms with E-state index in [4.69, 9.17) is 11.6 Å². The lowest BCUT2D eigenvalue weighted by Crippen LogP contribution is -2.21. The molecule has 0 aliphatic carbocycles. The predicted octanol–water partition coefficient (Wildman–Crippen LogP) is 0.605. The third-order valence-electron chi connectivity index (χ3n) is 2.83. The lowest BCUT2D eigenvalue weighted by atomic mass is 10.2. The monoisotopic (exact) mass is 287 g/mol. The average Bonchev–Trinajstić information content (AvgIpc) is 2.84. The molecule has 3 rings (SSSR count). The SMILES string of the molecule is O=S1(=O)CCC(Nc2nc(Cl)nc3nc[nH]c23)C1. The Morgan fingerprint density at radius 2 is 2.28 bits per heavy atom. The van der Waals surface area contributed by atoms with Crippen LogP contribution in [0, 0.1) is 0 Å². The number of imidazole rings is 1. The number of nitrogens with one attached hydrogen (secondary N) is 2. The molecule has 1 fully saturated rings. The molecule has 1 atom stereocenters. The maximum Gasteiger partial charge on any atom is 0.226 e. The van der Waals surface area contributed by atoms with Crippen molar-refractivity contribution >= 4 is 38.4 Å². The molecule has 3 heterocycles. The minimum absolute atomic E-state index is 0.0814. The van der Waals surface area contributed by atoms with Crippen LogP contribution in [0.4, 0.5) is 5.82 Å². The molecule has 2 N–H and O–H groups in total. The summed E-state index contributed by atoms with van der Waals surface area (Å²) in [5, 5.41) is 3.16. The Balaban J connectivity index is 1.93. The van der Waals surface area contributed by atoms with Gasteiger partial charge in [0.15, 0.2) is 21.3 Å². The summed E-state index contributed by atoms with van der Waals surface area (Å²) >= 11 is 5.79. The number of aromatic amines is 1. The van der Waals surface area contributed by atoms with Gasteiger partial charge in [-0.05, 0) is 18.0 Å². The number of sulfone groups is 1. The fourth-order valence-electron chi connectivity index (χ4n) is 2.01. The molecule has 1 aliphatic heterocycles. The fraction of sp³-hybridized carbons (Fsp3) is 0.444. The van der Waals surface area contributed by atoms with E-state index in [9.17, 15) is 8.42 Å². The van der Waals surface area contributed by atoms with Crippen molar-refractivity contribution in [2.45, 2.75) is 12.5 Å². The van der Waals surface area contributed by atoms with Gasteiger partial charge in [0, 0.05) is 6.04 Å². The minimum Gasteiger partial charge on any atom is -0.364 e. The van der Waals surface area contributed by atoms with E-state index in [0.717, 1.165) is 0 Å². The van der Waals surface area contributed by atoms with E-state index in [1.807, 2.05) is 0 Å². The van der Waals surface area contributed by atoms with E-state index >= 15 is 0 Å². The molecule has 2 aromatic rings. The average molecular weight is 288 g/mol. The molecule has 0 aromatic carbocycles. The van der Waals surface area contributed by atoms with Crippen molar-refractivity contribution in [1.82, 2.24) is 19.9 Å².